The lowest BCUT2D eigenvalue weighted by Gasteiger charge is -1.80. The van der Waals surface area contributed by atoms with Gasteiger partial charge in [-0.2, -0.15) is 0 Å². The molecule has 102 valence electrons. The van der Waals surface area contributed by atoms with Gasteiger partial charge < -0.3 is 20.1 Å². The van der Waals surface area contributed by atoms with Gasteiger partial charge in [-0.1, -0.05) is 13.3 Å². The SMILES string of the molecule is CC(C)=O.CC(C)O.CCCCO.CCO. The highest BCUT2D eigenvalue weighted by Crippen LogP contribution is 1.78. The molecule has 0 spiro atoms. The minimum absolute atomic E-state index is 0.167. The van der Waals surface area contributed by atoms with E-state index in [1.807, 2.05) is 0 Å². The van der Waals surface area contributed by atoms with E-state index < -0.39 is 0 Å². The van der Waals surface area contributed by atoms with Crippen molar-refractivity contribution in [1.29, 1.82) is 0 Å². The highest BCUT2D eigenvalue weighted by atomic mass is 16.3. The van der Waals surface area contributed by atoms with E-state index in [0.717, 1.165) is 12.8 Å². The van der Waals surface area contributed by atoms with Crippen LogP contribution in [0.5, 0.6) is 0 Å². The fraction of sp³-hybridized carbons (Fsp3) is 0.917. The van der Waals surface area contributed by atoms with Crippen LogP contribution in [0.1, 0.15) is 54.4 Å². The molecule has 0 fully saturated rings. The third-order valence-electron chi connectivity index (χ3n) is 0.512. The number of hydrogen-bond acceptors (Lipinski definition) is 4. The van der Waals surface area contributed by atoms with Gasteiger partial charge in [0.1, 0.15) is 5.78 Å². The van der Waals surface area contributed by atoms with Crippen LogP contribution < -0.4 is 0 Å². The van der Waals surface area contributed by atoms with E-state index in [2.05, 4.69) is 6.92 Å². The largest absolute Gasteiger partial charge is 0.397 e. The summed E-state index contributed by atoms with van der Waals surface area (Å²) in [4.78, 5) is 9.44. The molecule has 0 saturated heterocycles. The fourth-order valence-electron chi connectivity index (χ4n) is 0.158. The fourth-order valence-corrected chi connectivity index (χ4v) is 0.158. The van der Waals surface area contributed by atoms with Gasteiger partial charge in [0.25, 0.3) is 0 Å². The molecule has 0 bridgehead atoms. The maximum atomic E-state index is 9.44. The number of carbonyl (C=O) groups excluding carboxylic acids is 1. The number of carbonyl (C=O) groups is 1. The molecular weight excluding hydrogens is 208 g/mol. The number of hydrogen-bond donors (Lipinski definition) is 3. The van der Waals surface area contributed by atoms with Crippen LogP contribution in [0.15, 0.2) is 0 Å². The van der Waals surface area contributed by atoms with Crippen LogP contribution in [0, 0.1) is 0 Å². The van der Waals surface area contributed by atoms with Crippen molar-refractivity contribution in [2.75, 3.05) is 13.2 Å². The zero-order valence-electron chi connectivity index (χ0n) is 11.7. The first-order valence-corrected chi connectivity index (χ1v) is 5.66. The van der Waals surface area contributed by atoms with Crippen LogP contribution in [-0.4, -0.2) is 40.4 Å². The summed E-state index contributed by atoms with van der Waals surface area (Å²) in [5, 5.41) is 23.7. The van der Waals surface area contributed by atoms with Crippen LogP contribution in [0.25, 0.3) is 0 Å². The second-order valence-electron chi connectivity index (χ2n) is 3.40. The summed E-state index contributed by atoms with van der Waals surface area (Å²) in [7, 11) is 0. The van der Waals surface area contributed by atoms with Gasteiger partial charge in [-0.25, -0.2) is 0 Å². The minimum Gasteiger partial charge on any atom is -0.397 e. The van der Waals surface area contributed by atoms with Gasteiger partial charge in [-0.15, -0.1) is 0 Å². The van der Waals surface area contributed by atoms with E-state index in [4.69, 9.17) is 15.3 Å². The molecule has 0 saturated carbocycles. The zero-order chi connectivity index (χ0) is 14.0. The average Bonchev–Trinajstić information content (AvgIpc) is 2.04. The monoisotopic (exact) mass is 238 g/mol. The molecule has 0 rings (SSSR count). The Bertz CT molecular complexity index is 94.4. The molecule has 4 heteroatoms. The molecule has 0 aromatic heterocycles. The molecule has 0 amide bonds. The molecule has 0 atom stereocenters. The van der Waals surface area contributed by atoms with Crippen molar-refractivity contribution < 1.29 is 20.1 Å². The van der Waals surface area contributed by atoms with Crippen LogP contribution >= 0.6 is 0 Å². The van der Waals surface area contributed by atoms with Gasteiger partial charge in [0, 0.05) is 19.3 Å². The average molecular weight is 238 g/mol. The Labute approximate surface area is 100 Å². The summed E-state index contributed by atoms with van der Waals surface area (Å²) >= 11 is 0. The molecular formula is C12H30O4. The van der Waals surface area contributed by atoms with Crippen molar-refractivity contribution in [1.82, 2.24) is 0 Å². The third-order valence-corrected chi connectivity index (χ3v) is 0.512. The van der Waals surface area contributed by atoms with E-state index in [1.165, 1.54) is 13.8 Å². The molecule has 3 N–H and O–H groups in total. The molecule has 0 radical (unpaired) electrons. The Morgan fingerprint density at radius 2 is 1.31 bits per heavy atom. The van der Waals surface area contributed by atoms with Gasteiger partial charge in [-0.3, -0.25) is 0 Å². The van der Waals surface area contributed by atoms with Crippen LogP contribution in [0.3, 0.4) is 0 Å². The van der Waals surface area contributed by atoms with Crippen LogP contribution in [-0.2, 0) is 4.79 Å². The number of rotatable bonds is 2. The van der Waals surface area contributed by atoms with Crippen molar-refractivity contribution in [3.63, 3.8) is 0 Å². The Hall–Kier alpha value is -0.450. The first-order valence-electron chi connectivity index (χ1n) is 5.66. The highest BCUT2D eigenvalue weighted by Gasteiger charge is 1.69. The van der Waals surface area contributed by atoms with Crippen molar-refractivity contribution >= 4 is 5.78 Å². The Balaban J connectivity index is -0.0000000610. The maximum Gasteiger partial charge on any atom is 0.126 e. The standard InChI is InChI=1S/C4H10O.C3H8O.C3H6O.C2H6O/c1-2-3-4-5;2*1-3(2)4;1-2-3/h5H,2-4H2,1H3;3-4H,1-2H3;1-2H3;3H,2H2,1H3. The summed E-state index contributed by atoms with van der Waals surface area (Å²) in [5.74, 6) is 0.167. The van der Waals surface area contributed by atoms with E-state index in [1.54, 1.807) is 20.8 Å². The second kappa shape index (κ2) is 29.3. The molecule has 0 aromatic carbocycles. The van der Waals surface area contributed by atoms with E-state index >= 15 is 0 Å². The van der Waals surface area contributed by atoms with E-state index in [-0.39, 0.29) is 18.5 Å². The zero-order valence-corrected chi connectivity index (χ0v) is 11.7. The van der Waals surface area contributed by atoms with Gasteiger partial charge in [0.2, 0.25) is 0 Å². The quantitative estimate of drug-likeness (QED) is 0.685. The van der Waals surface area contributed by atoms with Gasteiger partial charge in [-0.05, 0) is 41.0 Å². The van der Waals surface area contributed by atoms with Gasteiger partial charge in [0.05, 0.1) is 0 Å². The molecule has 0 unspecified atom stereocenters. The Morgan fingerprint density at radius 3 is 1.31 bits per heavy atom. The second-order valence-corrected chi connectivity index (χ2v) is 3.40. The maximum absolute atomic E-state index is 9.44. The van der Waals surface area contributed by atoms with Crippen LogP contribution in [0.2, 0.25) is 0 Å². The van der Waals surface area contributed by atoms with Crippen molar-refractivity contribution in [2.45, 2.75) is 60.5 Å². The molecule has 0 aliphatic carbocycles. The molecule has 16 heavy (non-hydrogen) atoms. The predicted molar refractivity (Wildman–Crippen MR) is 68.5 cm³/mol. The first-order chi connectivity index (χ1) is 7.29. The molecule has 0 aliphatic heterocycles. The lowest BCUT2D eigenvalue weighted by molar-refractivity contribution is -0.114. The summed E-state index contributed by atoms with van der Waals surface area (Å²) in [6.45, 7) is 10.8. The molecule has 4 nitrogen and oxygen atoms in total. The predicted octanol–water partition coefficient (Wildman–Crippen LogP) is 1.76. The smallest absolute Gasteiger partial charge is 0.126 e. The topological polar surface area (TPSA) is 77.8 Å². The van der Waals surface area contributed by atoms with Gasteiger partial charge in [0.15, 0.2) is 0 Å². The highest BCUT2D eigenvalue weighted by molar-refractivity contribution is 5.72. The lowest BCUT2D eigenvalue weighted by Crippen LogP contribution is -1.85. The Kier molecular flexibility index (Phi) is 45.2. The molecule has 0 aromatic rings. The van der Waals surface area contributed by atoms with Gasteiger partial charge >= 0.3 is 0 Å². The van der Waals surface area contributed by atoms with Crippen molar-refractivity contribution in [2.24, 2.45) is 0 Å². The normalized spacial score (nSPS) is 7.62. The number of aliphatic hydroxyl groups is 3. The van der Waals surface area contributed by atoms with Crippen molar-refractivity contribution in [3.8, 4) is 0 Å². The number of Topliss-reactive ketones (excluding diaryl/α,β-unsaturated/α-hetero) is 1. The van der Waals surface area contributed by atoms with Crippen LogP contribution in [0.4, 0.5) is 0 Å². The first kappa shape index (κ1) is 24.7. The lowest BCUT2D eigenvalue weighted by atomic mass is 10.4. The number of unbranched alkanes of at least 4 members (excludes halogenated alkanes) is 1. The summed E-state index contributed by atoms with van der Waals surface area (Å²) in [6.07, 6.45) is 1.87. The summed E-state index contributed by atoms with van der Waals surface area (Å²) < 4.78 is 0. The summed E-state index contributed by atoms with van der Waals surface area (Å²) in [5.41, 5.74) is 0. The number of aliphatic hydroxyl groups excluding tert-OH is 3. The number of ketones is 1. The molecule has 0 aliphatic rings. The third kappa shape index (κ3) is 888. The summed E-state index contributed by atoms with van der Waals surface area (Å²) in [6, 6.07) is 0. The van der Waals surface area contributed by atoms with E-state index in [9.17, 15) is 4.79 Å². The molecule has 0 heterocycles. The Morgan fingerprint density at radius 1 is 1.12 bits per heavy atom. The minimum atomic E-state index is -0.167. The van der Waals surface area contributed by atoms with E-state index in [0.29, 0.717) is 6.61 Å². The van der Waals surface area contributed by atoms with Crippen molar-refractivity contribution in [3.05, 3.63) is 0 Å².